The van der Waals surface area contributed by atoms with Crippen molar-refractivity contribution in [3.05, 3.63) is 234 Å². The average Bonchev–Trinajstić information content (AvgIpc) is 0.877. The van der Waals surface area contributed by atoms with Gasteiger partial charge in [-0.15, -0.1) is 0 Å². The van der Waals surface area contributed by atoms with Crippen molar-refractivity contribution >= 4 is 99.9 Å². The molecule has 2 amide bonds. The van der Waals surface area contributed by atoms with Crippen molar-refractivity contribution in [3.8, 4) is 23.0 Å². The minimum Gasteiger partial charge on any atom is -0.455 e. The molecular weight excluding hydrogens is 1540 g/mol. The number of nitrogens with one attached hydrogen (secondary N) is 6. The fourth-order valence-electron chi connectivity index (χ4n) is 17.2. The lowest BCUT2D eigenvalue weighted by molar-refractivity contribution is -0.384. The summed E-state index contributed by atoms with van der Waals surface area (Å²) in [6, 6.07) is 43.1. The van der Waals surface area contributed by atoms with Crippen LogP contribution in [0.15, 0.2) is 180 Å². The number of likely N-dealkylation sites (tertiary alicyclic amines) is 2. The van der Waals surface area contributed by atoms with Crippen molar-refractivity contribution in [2.24, 2.45) is 11.8 Å². The minimum absolute atomic E-state index is 0.00250. The molecule has 6 aliphatic rings. The second-order valence-electron chi connectivity index (χ2n) is 30.4. The molecule has 114 heavy (non-hydrogen) atoms. The number of amides is 2. The van der Waals surface area contributed by atoms with E-state index in [1.807, 2.05) is 60.7 Å². The Morgan fingerprint density at radius 3 is 1.25 bits per heavy atom. The summed E-state index contributed by atoms with van der Waals surface area (Å²) in [5.41, 5.74) is 5.53. The molecular formula is C84H90Cl2N12O14S2. The van der Waals surface area contributed by atoms with E-state index in [0.717, 1.165) is 160 Å². The van der Waals surface area contributed by atoms with E-state index in [0.29, 0.717) is 86.5 Å². The maximum atomic E-state index is 13.9. The number of halogens is 2. The zero-order valence-electron chi connectivity index (χ0n) is 62.7. The maximum absolute atomic E-state index is 13.9. The summed E-state index contributed by atoms with van der Waals surface area (Å²) in [4.78, 5) is 70.0. The van der Waals surface area contributed by atoms with E-state index in [9.17, 15) is 46.7 Å². The molecule has 2 unspecified atom stereocenters. The molecule has 26 nitrogen and oxygen atoms in total. The van der Waals surface area contributed by atoms with Gasteiger partial charge in [-0.1, -0.05) is 59.6 Å². The molecule has 8 heterocycles. The van der Waals surface area contributed by atoms with E-state index in [2.05, 4.69) is 74.1 Å². The third-order valence-corrected chi connectivity index (χ3v) is 26.5. The van der Waals surface area contributed by atoms with Crippen LogP contribution in [0, 0.1) is 32.1 Å². The Kier molecular flexibility index (Phi) is 24.6. The van der Waals surface area contributed by atoms with Gasteiger partial charge in [-0.2, -0.15) is 0 Å². The highest BCUT2D eigenvalue weighted by Crippen LogP contribution is 2.46. The largest absolute Gasteiger partial charge is 0.455 e. The van der Waals surface area contributed by atoms with Gasteiger partial charge in [-0.3, -0.25) is 39.6 Å². The number of anilines is 2. The smallest absolute Gasteiger partial charge is 0.293 e. The van der Waals surface area contributed by atoms with E-state index in [1.54, 1.807) is 49.1 Å². The van der Waals surface area contributed by atoms with Gasteiger partial charge < -0.3 is 39.5 Å². The highest BCUT2D eigenvalue weighted by Gasteiger charge is 2.38. The van der Waals surface area contributed by atoms with Crippen LogP contribution < -0.4 is 29.6 Å². The molecule has 6 N–H and O–H groups in total. The fraction of sp³-hybridized carbons (Fsp3) is 0.381. The number of aromatic amines is 2. The predicted molar refractivity (Wildman–Crippen MR) is 435 cm³/mol. The summed E-state index contributed by atoms with van der Waals surface area (Å²) >= 11 is 12.4. The normalized spacial score (nSPS) is 20.7. The number of pyridine rings is 2. The number of nitrogens with zero attached hydrogens (tertiary/aromatic N) is 6. The second kappa shape index (κ2) is 35.4. The summed E-state index contributed by atoms with van der Waals surface area (Å²) in [5.74, 6) is 0.246. The molecule has 0 bridgehead atoms. The van der Waals surface area contributed by atoms with Crippen molar-refractivity contribution in [3.63, 3.8) is 0 Å². The molecule has 4 saturated heterocycles. The Morgan fingerprint density at radius 2 is 0.868 bits per heavy atom. The van der Waals surface area contributed by atoms with Crippen LogP contribution in [0.5, 0.6) is 23.0 Å². The summed E-state index contributed by atoms with van der Waals surface area (Å²) in [6.07, 6.45) is 22.4. The van der Waals surface area contributed by atoms with E-state index < -0.39 is 62.9 Å². The number of hydrogen-bond acceptors (Lipinski definition) is 20. The van der Waals surface area contributed by atoms with E-state index in [4.69, 9.17) is 42.1 Å². The number of carbonyl (C=O) groups excluding carboxylic acids is 2. The Labute approximate surface area is 670 Å². The zero-order valence-corrected chi connectivity index (χ0v) is 65.9. The number of nitro groups is 2. The quantitative estimate of drug-likeness (QED) is 0.0242. The van der Waals surface area contributed by atoms with Gasteiger partial charge in [0.1, 0.15) is 45.7 Å². The van der Waals surface area contributed by atoms with Crippen LogP contribution in [0.25, 0.3) is 22.1 Å². The number of ether oxygens (including phenoxy) is 4. The number of carbonyl (C=O) groups is 2. The average molecular weight is 1630 g/mol. The Bertz CT molecular complexity index is 5050. The molecule has 4 aromatic heterocycles. The molecule has 10 aromatic rings. The Morgan fingerprint density at radius 1 is 0.482 bits per heavy atom. The van der Waals surface area contributed by atoms with Crippen LogP contribution >= 0.6 is 23.2 Å². The molecule has 0 radical (unpaired) electrons. The number of fused-ring (bicyclic) bond motifs is 2. The van der Waals surface area contributed by atoms with Gasteiger partial charge in [0, 0.05) is 109 Å². The topological polar surface area (TPSA) is 338 Å². The molecule has 2 aliphatic carbocycles. The first-order valence-corrected chi connectivity index (χ1v) is 42.8. The van der Waals surface area contributed by atoms with Crippen LogP contribution in [0.4, 0.5) is 22.7 Å². The molecule has 2 atom stereocenters. The lowest BCUT2D eigenvalue weighted by Gasteiger charge is -2.38. The first-order chi connectivity index (χ1) is 55.2. The molecule has 16 rings (SSSR count). The maximum Gasteiger partial charge on any atom is 0.293 e. The van der Waals surface area contributed by atoms with Gasteiger partial charge in [0.2, 0.25) is 0 Å². The highest BCUT2D eigenvalue weighted by atomic mass is 35.5. The second-order valence-corrected chi connectivity index (χ2v) is 34.6. The number of hydrogen-bond donors (Lipinski definition) is 6. The van der Waals surface area contributed by atoms with Crippen molar-refractivity contribution in [1.82, 2.24) is 39.2 Å². The summed E-state index contributed by atoms with van der Waals surface area (Å²) in [6.45, 7) is 5.64. The Hall–Kier alpha value is -10.0. The third kappa shape index (κ3) is 18.7. The van der Waals surface area contributed by atoms with Gasteiger partial charge in [0.15, 0.2) is 0 Å². The van der Waals surface area contributed by atoms with Gasteiger partial charge in [-0.25, -0.2) is 36.2 Å². The van der Waals surface area contributed by atoms with Crippen LogP contribution in [0.3, 0.4) is 0 Å². The number of aromatic nitrogens is 4. The number of benzene rings is 6. The van der Waals surface area contributed by atoms with Crippen LogP contribution in [0.1, 0.15) is 170 Å². The zero-order chi connectivity index (χ0) is 79.0. The van der Waals surface area contributed by atoms with Crippen molar-refractivity contribution < 1.29 is 55.2 Å². The fourth-order valence-corrected chi connectivity index (χ4v) is 19.4. The van der Waals surface area contributed by atoms with Crippen molar-refractivity contribution in [2.45, 2.75) is 149 Å². The summed E-state index contributed by atoms with van der Waals surface area (Å²) < 4.78 is 82.2. The first kappa shape index (κ1) is 79.2. The number of sulfonamides is 2. The Balaban J connectivity index is 0.000000180. The predicted octanol–water partition coefficient (Wildman–Crippen LogP) is 17.5. The molecule has 6 aromatic carbocycles. The van der Waals surface area contributed by atoms with Crippen molar-refractivity contribution in [2.75, 3.05) is 63.2 Å². The molecule has 0 spiro atoms. The number of rotatable bonds is 24. The first-order valence-electron chi connectivity index (χ1n) is 39.1. The molecule has 4 aliphatic heterocycles. The van der Waals surface area contributed by atoms with E-state index in [-0.39, 0.29) is 57.7 Å². The van der Waals surface area contributed by atoms with E-state index in [1.165, 1.54) is 35.4 Å². The monoisotopic (exact) mass is 1620 g/mol. The molecule has 6 fully saturated rings. The van der Waals surface area contributed by atoms with Gasteiger partial charge in [0.05, 0.1) is 43.2 Å². The van der Waals surface area contributed by atoms with Gasteiger partial charge in [0.25, 0.3) is 43.2 Å². The summed E-state index contributed by atoms with van der Waals surface area (Å²) in [5, 5.41) is 33.4. The minimum atomic E-state index is -4.53. The van der Waals surface area contributed by atoms with Crippen LogP contribution in [0.2, 0.25) is 10.0 Å². The van der Waals surface area contributed by atoms with Gasteiger partial charge >= 0.3 is 0 Å². The number of nitro benzene ring substituents is 2. The van der Waals surface area contributed by atoms with Crippen LogP contribution in [-0.4, -0.2) is 133 Å². The lowest BCUT2D eigenvalue weighted by atomic mass is 9.80. The highest BCUT2D eigenvalue weighted by molar-refractivity contribution is 7.90. The molecule has 2 saturated carbocycles. The van der Waals surface area contributed by atoms with Gasteiger partial charge in [-0.05, 0) is 259 Å². The molecule has 596 valence electrons. The van der Waals surface area contributed by atoms with Crippen LogP contribution in [-0.2, 0) is 29.5 Å². The number of H-pyrrole nitrogens is 2. The SMILES string of the molecule is O=C(NS(=O)(=O)c1ccc(NCC2CCOCC2)c([N+](=O)[O-])c1)c1ccc(C2CCC(N3CCCC3c3ccc(Cl)cc3)CC2)cc1Oc1cnc2[nH]ccc2c1.O=C(NS(=O)(=O)c1ccc(NCC2CCOCC2)c([N+](=O)[O-])c1)c1ccc(C2CCC(N3CCCC3c3ccc(Cl)cc3)CC2)cc1Oc1cnc2[nH]ccc2c1. The molecule has 30 heteroatoms. The lowest BCUT2D eigenvalue weighted by Crippen LogP contribution is -2.37. The summed E-state index contributed by atoms with van der Waals surface area (Å²) in [7, 11) is -9.06. The van der Waals surface area contributed by atoms with Crippen molar-refractivity contribution in [1.29, 1.82) is 0 Å². The van der Waals surface area contributed by atoms with E-state index >= 15 is 0 Å². The third-order valence-electron chi connectivity index (χ3n) is 23.3. The standard InChI is InChI=1S/2C42H45ClN6O7S/c2*43-32-8-3-29(4-9-32)38-2-1-19-48(38)33-10-5-28(6-11-33)30-7-13-36(40(23-30)56-34-22-31-15-18-44-41(31)46-26-34)42(50)47-57(53,54)35-12-14-37(39(24-35)49(51)52)45-25-27-16-20-55-21-17-27/h2*3-4,7-9,12-15,18,22-24,26-28,33,38,45H,1-2,5-6,10-11,16-17,19-21,25H2,(H,44,46)(H,47,50).